The highest BCUT2D eigenvalue weighted by molar-refractivity contribution is 5.95. The van der Waals surface area contributed by atoms with Gasteiger partial charge < -0.3 is 4.52 Å². The summed E-state index contributed by atoms with van der Waals surface area (Å²) in [6.45, 7) is 0. The molecular formula is C21H14FN7O2. The van der Waals surface area contributed by atoms with E-state index in [1.807, 2.05) is 12.1 Å². The lowest BCUT2D eigenvalue weighted by molar-refractivity contribution is 0.0962. The monoisotopic (exact) mass is 415 g/mol. The summed E-state index contributed by atoms with van der Waals surface area (Å²) in [5, 5.41) is 8.14. The van der Waals surface area contributed by atoms with Gasteiger partial charge in [0.05, 0.1) is 0 Å². The number of carbonyl (C=O) groups excluding carboxylic acids is 1. The van der Waals surface area contributed by atoms with Crippen LogP contribution in [0.5, 0.6) is 0 Å². The minimum absolute atomic E-state index is 0.274. The number of rotatable bonds is 5. The molecule has 2 aromatic carbocycles. The second-order valence-electron chi connectivity index (χ2n) is 6.53. The Balaban J connectivity index is 1.26. The Morgan fingerprint density at radius 2 is 1.71 bits per heavy atom. The van der Waals surface area contributed by atoms with Gasteiger partial charge in [-0.15, -0.1) is 5.10 Å². The summed E-state index contributed by atoms with van der Waals surface area (Å²) in [7, 11) is 0. The Bertz CT molecular complexity index is 1330. The maximum absolute atomic E-state index is 13.1. The molecule has 0 saturated carbocycles. The number of pyridine rings is 1. The summed E-state index contributed by atoms with van der Waals surface area (Å²) in [5.74, 6) is 0.213. The Hall–Kier alpha value is -4.60. The Morgan fingerprint density at radius 1 is 0.935 bits per heavy atom. The molecule has 5 rings (SSSR count). The van der Waals surface area contributed by atoms with Crippen LogP contribution in [0.15, 0.2) is 77.4 Å². The van der Waals surface area contributed by atoms with Crippen molar-refractivity contribution in [3.63, 3.8) is 0 Å². The van der Waals surface area contributed by atoms with Crippen LogP contribution < -0.4 is 10.9 Å². The number of halogens is 1. The average molecular weight is 415 g/mol. The van der Waals surface area contributed by atoms with Gasteiger partial charge in [-0.3, -0.25) is 15.6 Å². The highest BCUT2D eigenvalue weighted by Crippen LogP contribution is 2.22. The molecular weight excluding hydrogens is 401 g/mol. The standard InChI is InChI=1S/C21H14FN7O2/c22-16-10-8-15(9-11-16)20-24-18(28-31-20)13-4-6-14(7-5-13)19(30)25-26-21-23-17-3-1-2-12-29(17)27-21/h1-12H,(H,25,30)(H,26,27). The van der Waals surface area contributed by atoms with Crippen LogP contribution in [-0.4, -0.2) is 30.6 Å². The quantitative estimate of drug-likeness (QED) is 0.424. The van der Waals surface area contributed by atoms with Gasteiger partial charge in [0.2, 0.25) is 5.82 Å². The van der Waals surface area contributed by atoms with Crippen LogP contribution in [0, 0.1) is 5.82 Å². The normalized spacial score (nSPS) is 10.9. The molecule has 5 aromatic rings. The summed E-state index contributed by atoms with van der Waals surface area (Å²) in [5.41, 5.74) is 7.61. The second kappa shape index (κ2) is 7.67. The summed E-state index contributed by atoms with van der Waals surface area (Å²) in [6.07, 6.45) is 1.76. The van der Waals surface area contributed by atoms with Gasteiger partial charge in [-0.05, 0) is 48.5 Å². The van der Waals surface area contributed by atoms with E-state index >= 15 is 0 Å². The fraction of sp³-hybridized carbons (Fsp3) is 0. The predicted molar refractivity (Wildman–Crippen MR) is 109 cm³/mol. The maximum Gasteiger partial charge on any atom is 0.269 e. The number of hydrogen-bond donors (Lipinski definition) is 2. The maximum atomic E-state index is 13.1. The molecule has 152 valence electrons. The molecule has 0 atom stereocenters. The van der Waals surface area contributed by atoms with Crippen LogP contribution in [0.1, 0.15) is 10.4 Å². The molecule has 0 unspecified atom stereocenters. The highest BCUT2D eigenvalue weighted by atomic mass is 19.1. The van der Waals surface area contributed by atoms with Gasteiger partial charge in [-0.2, -0.15) is 9.97 Å². The molecule has 9 nitrogen and oxygen atoms in total. The zero-order valence-corrected chi connectivity index (χ0v) is 15.9. The van der Waals surface area contributed by atoms with E-state index in [4.69, 9.17) is 4.52 Å². The summed E-state index contributed by atoms with van der Waals surface area (Å²) < 4.78 is 19.9. The first-order valence-corrected chi connectivity index (χ1v) is 9.23. The number of fused-ring (bicyclic) bond motifs is 1. The molecule has 0 spiro atoms. The van der Waals surface area contributed by atoms with E-state index in [0.29, 0.717) is 28.2 Å². The van der Waals surface area contributed by atoms with Crippen LogP contribution in [0.3, 0.4) is 0 Å². The van der Waals surface area contributed by atoms with E-state index in [9.17, 15) is 9.18 Å². The molecule has 2 N–H and O–H groups in total. The Morgan fingerprint density at radius 3 is 2.48 bits per heavy atom. The number of aromatic nitrogens is 5. The highest BCUT2D eigenvalue weighted by Gasteiger charge is 2.12. The number of hydrazine groups is 1. The van der Waals surface area contributed by atoms with Gasteiger partial charge in [0.25, 0.3) is 17.7 Å². The third-order valence-electron chi connectivity index (χ3n) is 4.45. The number of anilines is 1. The molecule has 0 aliphatic carbocycles. The lowest BCUT2D eigenvalue weighted by atomic mass is 10.1. The molecule has 3 heterocycles. The molecule has 3 aromatic heterocycles. The van der Waals surface area contributed by atoms with E-state index in [2.05, 4.69) is 31.1 Å². The van der Waals surface area contributed by atoms with E-state index in [1.54, 1.807) is 53.2 Å². The second-order valence-corrected chi connectivity index (χ2v) is 6.53. The van der Waals surface area contributed by atoms with E-state index in [-0.39, 0.29) is 23.6 Å². The molecule has 31 heavy (non-hydrogen) atoms. The van der Waals surface area contributed by atoms with Crippen molar-refractivity contribution in [1.29, 1.82) is 0 Å². The lowest BCUT2D eigenvalue weighted by Gasteiger charge is -2.05. The van der Waals surface area contributed by atoms with Crippen LogP contribution >= 0.6 is 0 Å². The molecule has 0 fully saturated rings. The number of nitrogens with one attached hydrogen (secondary N) is 2. The molecule has 0 radical (unpaired) electrons. The van der Waals surface area contributed by atoms with Crippen LogP contribution in [0.4, 0.5) is 10.3 Å². The first-order chi connectivity index (χ1) is 15.2. The summed E-state index contributed by atoms with van der Waals surface area (Å²) in [4.78, 5) is 20.9. The third-order valence-corrected chi connectivity index (χ3v) is 4.45. The molecule has 0 bridgehead atoms. The first kappa shape index (κ1) is 18.4. The van der Waals surface area contributed by atoms with Gasteiger partial charge in [-0.25, -0.2) is 8.91 Å². The van der Waals surface area contributed by atoms with Gasteiger partial charge in [-0.1, -0.05) is 23.4 Å². The lowest BCUT2D eigenvalue weighted by Crippen LogP contribution is -2.29. The van der Waals surface area contributed by atoms with Gasteiger partial charge in [0.15, 0.2) is 5.65 Å². The largest absolute Gasteiger partial charge is 0.334 e. The number of nitrogens with zero attached hydrogens (tertiary/aromatic N) is 5. The van der Waals surface area contributed by atoms with Gasteiger partial charge >= 0.3 is 0 Å². The van der Waals surface area contributed by atoms with Crippen LogP contribution in [0.2, 0.25) is 0 Å². The van der Waals surface area contributed by atoms with E-state index in [0.717, 1.165) is 0 Å². The predicted octanol–water partition coefficient (Wildman–Crippen LogP) is 3.34. The number of carbonyl (C=O) groups is 1. The molecule has 1 amide bonds. The Kier molecular flexibility index (Phi) is 4.56. The number of amides is 1. The van der Waals surface area contributed by atoms with Crippen molar-refractivity contribution >= 4 is 17.5 Å². The van der Waals surface area contributed by atoms with Crippen LogP contribution in [-0.2, 0) is 0 Å². The molecule has 0 aliphatic heterocycles. The van der Waals surface area contributed by atoms with Crippen molar-refractivity contribution in [3.8, 4) is 22.8 Å². The summed E-state index contributed by atoms with van der Waals surface area (Å²) in [6, 6.07) is 17.9. The minimum atomic E-state index is -0.356. The Labute approximate surface area is 174 Å². The first-order valence-electron chi connectivity index (χ1n) is 9.23. The fourth-order valence-corrected chi connectivity index (χ4v) is 2.89. The molecule has 10 heteroatoms. The number of hydrogen-bond acceptors (Lipinski definition) is 7. The van der Waals surface area contributed by atoms with Crippen molar-refractivity contribution in [2.45, 2.75) is 0 Å². The van der Waals surface area contributed by atoms with E-state index < -0.39 is 0 Å². The minimum Gasteiger partial charge on any atom is -0.334 e. The zero-order chi connectivity index (χ0) is 21.2. The molecule has 0 aliphatic rings. The summed E-state index contributed by atoms with van der Waals surface area (Å²) >= 11 is 0. The van der Waals surface area contributed by atoms with Gasteiger partial charge in [0, 0.05) is 22.9 Å². The topological polar surface area (TPSA) is 110 Å². The zero-order valence-electron chi connectivity index (χ0n) is 15.9. The van der Waals surface area contributed by atoms with Crippen molar-refractivity contribution in [1.82, 2.24) is 30.2 Å². The van der Waals surface area contributed by atoms with Crippen molar-refractivity contribution in [3.05, 3.63) is 84.3 Å². The number of benzene rings is 2. The average Bonchev–Trinajstić information content (AvgIpc) is 3.45. The third kappa shape index (κ3) is 3.81. The van der Waals surface area contributed by atoms with Crippen LogP contribution in [0.25, 0.3) is 28.5 Å². The molecule has 0 saturated heterocycles. The van der Waals surface area contributed by atoms with Crippen molar-refractivity contribution in [2.75, 3.05) is 5.43 Å². The van der Waals surface area contributed by atoms with E-state index in [1.165, 1.54) is 12.1 Å². The SMILES string of the molecule is O=C(NNc1nc2ccccn2n1)c1ccc(-c2noc(-c3ccc(F)cc3)n2)cc1. The van der Waals surface area contributed by atoms with Gasteiger partial charge in [0.1, 0.15) is 5.82 Å². The smallest absolute Gasteiger partial charge is 0.269 e. The van der Waals surface area contributed by atoms with Crippen molar-refractivity contribution in [2.24, 2.45) is 0 Å². The van der Waals surface area contributed by atoms with Crippen molar-refractivity contribution < 1.29 is 13.7 Å². The fourth-order valence-electron chi connectivity index (χ4n) is 2.89.